The minimum atomic E-state index is 0.00626. The molecule has 2 rings (SSSR count). The fourth-order valence-electron chi connectivity index (χ4n) is 2.45. The maximum Gasteiger partial charge on any atom is 0.255 e. The van der Waals surface area contributed by atoms with Gasteiger partial charge in [0.05, 0.1) is 17.2 Å². The molecular formula is C16H19BrClNO2. The smallest absolute Gasteiger partial charge is 0.255 e. The van der Waals surface area contributed by atoms with Crippen LogP contribution in [0.15, 0.2) is 35.3 Å². The number of hydrogen-bond donors (Lipinski definition) is 0. The van der Waals surface area contributed by atoms with Crippen LogP contribution in [0.5, 0.6) is 0 Å². The van der Waals surface area contributed by atoms with Gasteiger partial charge in [-0.1, -0.05) is 33.6 Å². The molecule has 1 aromatic rings. The summed E-state index contributed by atoms with van der Waals surface area (Å²) >= 11 is 9.51. The Morgan fingerprint density at radius 3 is 2.86 bits per heavy atom. The minimum absolute atomic E-state index is 0.00626. The van der Waals surface area contributed by atoms with E-state index in [1.54, 1.807) is 18.2 Å². The van der Waals surface area contributed by atoms with Crippen molar-refractivity contribution in [2.45, 2.75) is 12.8 Å². The first-order valence-electron chi connectivity index (χ1n) is 7.04. The van der Waals surface area contributed by atoms with E-state index in [-0.39, 0.29) is 5.91 Å². The lowest BCUT2D eigenvalue weighted by Crippen LogP contribution is -2.39. The third kappa shape index (κ3) is 4.56. The molecule has 0 aliphatic carbocycles. The average molecular weight is 373 g/mol. The molecular weight excluding hydrogens is 354 g/mol. The Morgan fingerprint density at radius 2 is 2.19 bits per heavy atom. The highest BCUT2D eigenvalue weighted by Crippen LogP contribution is 2.25. The van der Waals surface area contributed by atoms with Crippen molar-refractivity contribution in [3.63, 3.8) is 0 Å². The summed E-state index contributed by atoms with van der Waals surface area (Å²) in [5.74, 6) is 0.527. The Bertz CT molecular complexity index is 513. The van der Waals surface area contributed by atoms with Gasteiger partial charge in [-0.15, -0.1) is 6.58 Å². The summed E-state index contributed by atoms with van der Waals surface area (Å²) in [6.07, 6.45) is 3.69. The van der Waals surface area contributed by atoms with Gasteiger partial charge in [-0.05, 0) is 37.0 Å². The molecule has 1 aliphatic rings. The maximum absolute atomic E-state index is 12.5. The summed E-state index contributed by atoms with van der Waals surface area (Å²) in [6.45, 7) is 6.47. The van der Waals surface area contributed by atoms with Gasteiger partial charge in [-0.3, -0.25) is 4.79 Å². The number of nitrogens with zero attached hydrogens (tertiary/aromatic N) is 1. The van der Waals surface area contributed by atoms with Gasteiger partial charge in [0.15, 0.2) is 0 Å². The predicted octanol–water partition coefficient (Wildman–Crippen LogP) is 4.16. The molecule has 1 fully saturated rings. The lowest BCUT2D eigenvalue weighted by Gasteiger charge is -2.32. The van der Waals surface area contributed by atoms with E-state index in [2.05, 4.69) is 22.5 Å². The van der Waals surface area contributed by atoms with E-state index >= 15 is 0 Å². The van der Waals surface area contributed by atoms with E-state index in [1.807, 2.05) is 11.0 Å². The highest BCUT2D eigenvalue weighted by molar-refractivity contribution is 9.10. The molecule has 0 aromatic heterocycles. The Balaban J connectivity index is 1.91. The monoisotopic (exact) mass is 371 g/mol. The van der Waals surface area contributed by atoms with Gasteiger partial charge in [0.2, 0.25) is 0 Å². The van der Waals surface area contributed by atoms with Crippen molar-refractivity contribution in [2.24, 2.45) is 5.92 Å². The summed E-state index contributed by atoms with van der Waals surface area (Å²) in [5, 5.41) is 0.500. The number of ether oxygens (including phenoxy) is 1. The first-order valence-corrected chi connectivity index (χ1v) is 8.22. The number of carbonyl (C=O) groups excluding carboxylic acids is 1. The minimum Gasteiger partial charge on any atom is -0.377 e. The third-order valence-electron chi connectivity index (χ3n) is 3.65. The largest absolute Gasteiger partial charge is 0.377 e. The molecule has 1 heterocycles. The van der Waals surface area contributed by atoms with Crippen LogP contribution >= 0.6 is 27.5 Å². The Labute approximate surface area is 139 Å². The van der Waals surface area contributed by atoms with Gasteiger partial charge in [0, 0.05) is 24.2 Å². The molecule has 1 aromatic carbocycles. The number of benzene rings is 1. The fraction of sp³-hybridized carbons (Fsp3) is 0.438. The second-order valence-electron chi connectivity index (χ2n) is 5.19. The summed E-state index contributed by atoms with van der Waals surface area (Å²) in [6, 6.07) is 5.36. The van der Waals surface area contributed by atoms with Crippen molar-refractivity contribution in [1.82, 2.24) is 4.90 Å². The average Bonchev–Trinajstić information content (AvgIpc) is 2.50. The van der Waals surface area contributed by atoms with Gasteiger partial charge in [-0.2, -0.15) is 0 Å². The van der Waals surface area contributed by atoms with Crippen LogP contribution in [0.3, 0.4) is 0 Å². The third-order valence-corrected chi connectivity index (χ3v) is 4.47. The van der Waals surface area contributed by atoms with Gasteiger partial charge >= 0.3 is 0 Å². The molecule has 21 heavy (non-hydrogen) atoms. The van der Waals surface area contributed by atoms with Gasteiger partial charge in [-0.25, -0.2) is 0 Å². The first kappa shape index (κ1) is 16.5. The Morgan fingerprint density at radius 1 is 1.48 bits per heavy atom. The van der Waals surface area contributed by atoms with Crippen molar-refractivity contribution < 1.29 is 9.53 Å². The number of carbonyl (C=O) groups is 1. The predicted molar refractivity (Wildman–Crippen MR) is 88.8 cm³/mol. The van der Waals surface area contributed by atoms with Crippen molar-refractivity contribution >= 4 is 33.4 Å². The van der Waals surface area contributed by atoms with Crippen LogP contribution in [0.25, 0.3) is 0 Å². The second kappa shape index (κ2) is 7.97. The molecule has 0 bridgehead atoms. The molecule has 114 valence electrons. The molecule has 3 nitrogen and oxygen atoms in total. The number of piperidine rings is 1. The van der Waals surface area contributed by atoms with Crippen molar-refractivity contribution in [3.05, 3.63) is 45.9 Å². The molecule has 0 spiro atoms. The van der Waals surface area contributed by atoms with Gasteiger partial charge in [0.25, 0.3) is 5.91 Å². The highest BCUT2D eigenvalue weighted by atomic mass is 79.9. The van der Waals surface area contributed by atoms with Crippen LogP contribution in [0.4, 0.5) is 0 Å². The van der Waals surface area contributed by atoms with E-state index in [9.17, 15) is 4.79 Å². The zero-order valence-corrected chi connectivity index (χ0v) is 14.2. The van der Waals surface area contributed by atoms with Gasteiger partial charge < -0.3 is 9.64 Å². The number of rotatable bonds is 5. The number of hydrogen-bond acceptors (Lipinski definition) is 2. The molecule has 5 heteroatoms. The SMILES string of the molecule is C=CCOCC1CCN(C(=O)c2cc(Br)ccc2Cl)CC1. The van der Waals surface area contributed by atoms with Crippen LogP contribution < -0.4 is 0 Å². The first-order chi connectivity index (χ1) is 10.1. The molecule has 0 saturated carbocycles. The number of likely N-dealkylation sites (tertiary alicyclic amines) is 1. The lowest BCUT2D eigenvalue weighted by molar-refractivity contribution is 0.0576. The van der Waals surface area contributed by atoms with Crippen LogP contribution in [-0.4, -0.2) is 37.1 Å². The number of amides is 1. The molecule has 0 radical (unpaired) electrons. The highest BCUT2D eigenvalue weighted by Gasteiger charge is 2.25. The Hall–Kier alpha value is -0.840. The van der Waals surface area contributed by atoms with E-state index in [0.717, 1.165) is 37.0 Å². The van der Waals surface area contributed by atoms with E-state index in [1.165, 1.54) is 0 Å². The van der Waals surface area contributed by atoms with Crippen LogP contribution in [-0.2, 0) is 4.74 Å². The normalized spacial score (nSPS) is 16.0. The summed E-state index contributed by atoms with van der Waals surface area (Å²) in [7, 11) is 0. The van der Waals surface area contributed by atoms with Crippen LogP contribution in [0.2, 0.25) is 5.02 Å². The van der Waals surface area contributed by atoms with Crippen molar-refractivity contribution in [3.8, 4) is 0 Å². The van der Waals surface area contributed by atoms with Crippen LogP contribution in [0, 0.1) is 5.92 Å². The molecule has 1 saturated heterocycles. The topological polar surface area (TPSA) is 29.5 Å². The summed E-state index contributed by atoms with van der Waals surface area (Å²) < 4.78 is 6.35. The summed E-state index contributed by atoms with van der Waals surface area (Å²) in [4.78, 5) is 14.4. The Kier molecular flexibility index (Phi) is 6.27. The molecule has 0 N–H and O–H groups in total. The quantitative estimate of drug-likeness (QED) is 0.574. The van der Waals surface area contributed by atoms with Crippen molar-refractivity contribution in [2.75, 3.05) is 26.3 Å². The zero-order chi connectivity index (χ0) is 15.2. The fourth-order valence-corrected chi connectivity index (χ4v) is 3.01. The molecule has 0 unspecified atom stereocenters. The van der Waals surface area contributed by atoms with Gasteiger partial charge in [0.1, 0.15) is 0 Å². The molecule has 1 aliphatic heterocycles. The van der Waals surface area contributed by atoms with E-state index in [4.69, 9.17) is 16.3 Å². The number of halogens is 2. The lowest BCUT2D eigenvalue weighted by atomic mass is 9.97. The van der Waals surface area contributed by atoms with E-state index in [0.29, 0.717) is 23.1 Å². The van der Waals surface area contributed by atoms with E-state index < -0.39 is 0 Å². The maximum atomic E-state index is 12.5. The second-order valence-corrected chi connectivity index (χ2v) is 6.51. The molecule has 1 amide bonds. The van der Waals surface area contributed by atoms with Crippen LogP contribution in [0.1, 0.15) is 23.2 Å². The summed E-state index contributed by atoms with van der Waals surface area (Å²) in [5.41, 5.74) is 0.562. The van der Waals surface area contributed by atoms with Crippen molar-refractivity contribution in [1.29, 1.82) is 0 Å². The molecule has 0 atom stereocenters. The standard InChI is InChI=1S/C16H19BrClNO2/c1-2-9-21-11-12-5-7-19(8-6-12)16(20)14-10-13(17)3-4-15(14)18/h2-4,10,12H,1,5-9,11H2. The zero-order valence-electron chi connectivity index (χ0n) is 11.9.